The van der Waals surface area contributed by atoms with Crippen molar-refractivity contribution >= 4 is 29.3 Å². The molecule has 2 heterocycles. The molecular formula is C22H20ClN5O2S. The van der Waals surface area contributed by atoms with E-state index in [-0.39, 0.29) is 11.7 Å². The molecule has 0 unspecified atom stereocenters. The van der Waals surface area contributed by atoms with E-state index in [1.807, 2.05) is 82.4 Å². The van der Waals surface area contributed by atoms with Gasteiger partial charge in [-0.15, -0.1) is 10.2 Å². The standard InChI is InChI=1S/C22H20ClN5O2S/c1-30-19-10-4-16(5-11-19)14-24-20(29)15-31-22-26-25-21(17-6-8-18(23)9-7-17)28(22)27-12-2-3-13-27/h2-13H,14-15H2,1H3,(H,24,29). The number of hydrogen-bond donors (Lipinski definition) is 1. The second kappa shape index (κ2) is 9.72. The van der Waals surface area contributed by atoms with Crippen LogP contribution in [0.5, 0.6) is 5.75 Å². The van der Waals surface area contributed by atoms with Crippen LogP contribution in [0.25, 0.3) is 11.4 Å². The van der Waals surface area contributed by atoms with Gasteiger partial charge < -0.3 is 10.1 Å². The van der Waals surface area contributed by atoms with Crippen LogP contribution < -0.4 is 10.1 Å². The van der Waals surface area contributed by atoms with Crippen molar-refractivity contribution in [2.24, 2.45) is 0 Å². The summed E-state index contributed by atoms with van der Waals surface area (Å²) >= 11 is 7.34. The molecule has 0 fully saturated rings. The predicted molar refractivity (Wildman–Crippen MR) is 121 cm³/mol. The fraction of sp³-hybridized carbons (Fsp3) is 0.136. The highest BCUT2D eigenvalue weighted by molar-refractivity contribution is 7.99. The summed E-state index contributed by atoms with van der Waals surface area (Å²) in [6, 6.07) is 18.8. The SMILES string of the molecule is COc1ccc(CNC(=O)CSc2nnc(-c3ccc(Cl)cc3)n2-n2cccc2)cc1. The second-order valence-corrected chi connectivity index (χ2v) is 7.98. The summed E-state index contributed by atoms with van der Waals surface area (Å²) in [5.41, 5.74) is 1.88. The number of thioether (sulfide) groups is 1. The van der Waals surface area contributed by atoms with E-state index in [0.717, 1.165) is 16.9 Å². The molecule has 0 atom stereocenters. The Labute approximate surface area is 189 Å². The van der Waals surface area contributed by atoms with Gasteiger partial charge in [-0.25, -0.2) is 4.68 Å². The molecule has 4 rings (SSSR count). The average Bonchev–Trinajstić information content (AvgIpc) is 3.47. The molecule has 0 aliphatic rings. The first kappa shape index (κ1) is 21.0. The minimum Gasteiger partial charge on any atom is -0.497 e. The number of carbonyl (C=O) groups is 1. The van der Waals surface area contributed by atoms with E-state index in [0.29, 0.717) is 22.5 Å². The molecule has 0 radical (unpaired) electrons. The smallest absolute Gasteiger partial charge is 0.230 e. The topological polar surface area (TPSA) is 74.0 Å². The van der Waals surface area contributed by atoms with E-state index in [1.54, 1.807) is 7.11 Å². The molecule has 158 valence electrons. The van der Waals surface area contributed by atoms with Crippen LogP contribution in [-0.2, 0) is 11.3 Å². The third-order valence-corrected chi connectivity index (χ3v) is 5.69. The number of nitrogens with one attached hydrogen (secondary N) is 1. The second-order valence-electron chi connectivity index (χ2n) is 6.60. The van der Waals surface area contributed by atoms with E-state index in [1.165, 1.54) is 11.8 Å². The lowest BCUT2D eigenvalue weighted by atomic mass is 10.2. The number of rotatable bonds is 8. The zero-order chi connectivity index (χ0) is 21.6. The van der Waals surface area contributed by atoms with Gasteiger partial charge >= 0.3 is 0 Å². The van der Waals surface area contributed by atoms with Gasteiger partial charge in [0.15, 0.2) is 5.82 Å². The fourth-order valence-electron chi connectivity index (χ4n) is 2.93. The van der Waals surface area contributed by atoms with Gasteiger partial charge in [0.05, 0.1) is 12.9 Å². The van der Waals surface area contributed by atoms with Gasteiger partial charge in [0.25, 0.3) is 0 Å². The summed E-state index contributed by atoms with van der Waals surface area (Å²) < 4.78 is 8.89. The molecule has 2 aromatic heterocycles. The molecule has 1 N–H and O–H groups in total. The van der Waals surface area contributed by atoms with Crippen LogP contribution in [0.4, 0.5) is 0 Å². The number of nitrogens with zero attached hydrogens (tertiary/aromatic N) is 4. The molecular weight excluding hydrogens is 434 g/mol. The number of ether oxygens (including phenoxy) is 1. The highest BCUT2D eigenvalue weighted by Gasteiger charge is 2.17. The lowest BCUT2D eigenvalue weighted by Crippen LogP contribution is -2.24. The molecule has 2 aromatic carbocycles. The van der Waals surface area contributed by atoms with Crippen LogP contribution in [-0.4, -0.2) is 38.3 Å². The number of hydrogen-bond acceptors (Lipinski definition) is 5. The maximum atomic E-state index is 12.4. The number of amides is 1. The lowest BCUT2D eigenvalue weighted by Gasteiger charge is -2.11. The monoisotopic (exact) mass is 453 g/mol. The van der Waals surface area contributed by atoms with Gasteiger partial charge in [0, 0.05) is 29.5 Å². The first-order valence-electron chi connectivity index (χ1n) is 9.51. The van der Waals surface area contributed by atoms with Crippen molar-refractivity contribution in [2.75, 3.05) is 12.9 Å². The molecule has 31 heavy (non-hydrogen) atoms. The minimum absolute atomic E-state index is 0.0871. The molecule has 0 aliphatic heterocycles. The Hall–Kier alpha value is -3.23. The highest BCUT2D eigenvalue weighted by atomic mass is 35.5. The summed E-state index contributed by atoms with van der Waals surface area (Å²) in [6.07, 6.45) is 3.80. The minimum atomic E-state index is -0.0871. The lowest BCUT2D eigenvalue weighted by molar-refractivity contribution is -0.118. The van der Waals surface area contributed by atoms with Crippen molar-refractivity contribution in [3.63, 3.8) is 0 Å². The van der Waals surface area contributed by atoms with E-state index < -0.39 is 0 Å². The van der Waals surface area contributed by atoms with Crippen LogP contribution in [0.1, 0.15) is 5.56 Å². The van der Waals surface area contributed by atoms with E-state index >= 15 is 0 Å². The maximum Gasteiger partial charge on any atom is 0.230 e. The Balaban J connectivity index is 1.45. The maximum absolute atomic E-state index is 12.4. The van der Waals surface area contributed by atoms with Crippen LogP contribution in [0.15, 0.2) is 78.2 Å². The molecule has 0 saturated carbocycles. The molecule has 0 bridgehead atoms. The van der Waals surface area contributed by atoms with Gasteiger partial charge in [0.1, 0.15) is 5.75 Å². The predicted octanol–water partition coefficient (Wildman–Crippen LogP) is 4.13. The number of carbonyl (C=O) groups excluding carboxylic acids is 1. The first-order valence-corrected chi connectivity index (χ1v) is 10.9. The largest absolute Gasteiger partial charge is 0.497 e. The number of methoxy groups -OCH3 is 1. The quantitative estimate of drug-likeness (QED) is 0.406. The van der Waals surface area contributed by atoms with Crippen LogP contribution >= 0.6 is 23.4 Å². The van der Waals surface area contributed by atoms with Gasteiger partial charge in [0.2, 0.25) is 11.1 Å². The Kier molecular flexibility index (Phi) is 6.59. The molecule has 7 nitrogen and oxygen atoms in total. The zero-order valence-corrected chi connectivity index (χ0v) is 18.3. The number of aromatic nitrogens is 4. The van der Waals surface area contributed by atoms with Crippen LogP contribution in [0.3, 0.4) is 0 Å². The van der Waals surface area contributed by atoms with E-state index in [2.05, 4.69) is 15.5 Å². The fourth-order valence-corrected chi connectivity index (χ4v) is 3.82. The third kappa shape index (κ3) is 5.10. The Morgan fingerprint density at radius 1 is 1.06 bits per heavy atom. The molecule has 0 aliphatic carbocycles. The van der Waals surface area contributed by atoms with Crippen LogP contribution in [0, 0.1) is 0 Å². The summed E-state index contributed by atoms with van der Waals surface area (Å²) in [4.78, 5) is 12.4. The summed E-state index contributed by atoms with van der Waals surface area (Å²) in [6.45, 7) is 0.448. The van der Waals surface area contributed by atoms with Crippen molar-refractivity contribution in [1.82, 2.24) is 24.9 Å². The van der Waals surface area contributed by atoms with Crippen molar-refractivity contribution in [3.05, 3.63) is 83.6 Å². The van der Waals surface area contributed by atoms with Crippen molar-refractivity contribution < 1.29 is 9.53 Å². The van der Waals surface area contributed by atoms with Gasteiger partial charge in [-0.2, -0.15) is 0 Å². The van der Waals surface area contributed by atoms with Gasteiger partial charge in [-0.3, -0.25) is 9.47 Å². The Morgan fingerprint density at radius 3 is 2.45 bits per heavy atom. The van der Waals surface area contributed by atoms with Gasteiger partial charge in [-0.1, -0.05) is 35.5 Å². The van der Waals surface area contributed by atoms with E-state index in [4.69, 9.17) is 16.3 Å². The third-order valence-electron chi connectivity index (χ3n) is 4.52. The number of halogens is 1. The van der Waals surface area contributed by atoms with E-state index in [9.17, 15) is 4.79 Å². The molecule has 0 saturated heterocycles. The van der Waals surface area contributed by atoms with Crippen molar-refractivity contribution in [3.8, 4) is 17.1 Å². The molecule has 1 amide bonds. The summed E-state index contributed by atoms with van der Waals surface area (Å²) in [5.74, 6) is 1.58. The molecule has 9 heteroatoms. The molecule has 4 aromatic rings. The zero-order valence-electron chi connectivity index (χ0n) is 16.7. The van der Waals surface area contributed by atoms with Crippen molar-refractivity contribution in [1.29, 1.82) is 0 Å². The van der Waals surface area contributed by atoms with Crippen LogP contribution in [0.2, 0.25) is 5.02 Å². The van der Waals surface area contributed by atoms with Gasteiger partial charge in [-0.05, 0) is 54.1 Å². The first-order chi connectivity index (χ1) is 15.1. The normalized spacial score (nSPS) is 10.8. The summed E-state index contributed by atoms with van der Waals surface area (Å²) in [5, 5.41) is 12.8. The number of benzene rings is 2. The highest BCUT2D eigenvalue weighted by Crippen LogP contribution is 2.25. The molecule has 0 spiro atoms. The summed E-state index contributed by atoms with van der Waals surface area (Å²) in [7, 11) is 1.62. The average molecular weight is 454 g/mol. The van der Waals surface area contributed by atoms with Crippen molar-refractivity contribution in [2.45, 2.75) is 11.7 Å². The Morgan fingerprint density at radius 2 is 1.77 bits per heavy atom. The Bertz CT molecular complexity index is 1140.